The Morgan fingerprint density at radius 2 is 1.89 bits per heavy atom. The van der Waals surface area contributed by atoms with Gasteiger partial charge in [-0.1, -0.05) is 20.4 Å². The first kappa shape index (κ1) is 17.8. The van der Waals surface area contributed by atoms with Gasteiger partial charge >= 0.3 is 5.97 Å². The van der Waals surface area contributed by atoms with Crippen molar-refractivity contribution in [2.45, 2.75) is 57.2 Å². The van der Waals surface area contributed by atoms with E-state index in [9.17, 15) is 24.9 Å². The summed E-state index contributed by atoms with van der Waals surface area (Å²) in [6, 6.07) is 0. The monoisotopic (exact) mass is 378 g/mol. The minimum absolute atomic E-state index is 0.0346. The predicted octanol–water partition coefficient (Wildman–Crippen LogP) is 0.166. The van der Waals surface area contributed by atoms with Crippen LogP contribution < -0.4 is 0 Å². The van der Waals surface area contributed by atoms with Crippen molar-refractivity contribution in [2.24, 2.45) is 34.5 Å². The van der Waals surface area contributed by atoms with E-state index in [0.717, 1.165) is 0 Å². The van der Waals surface area contributed by atoms with Gasteiger partial charge in [-0.05, 0) is 23.8 Å². The zero-order chi connectivity index (χ0) is 19.5. The van der Waals surface area contributed by atoms with Crippen molar-refractivity contribution < 1.29 is 34.4 Å². The summed E-state index contributed by atoms with van der Waals surface area (Å²) >= 11 is 0. The summed E-state index contributed by atoms with van der Waals surface area (Å²) in [6.45, 7) is 7.85. The molecule has 0 unspecified atom stereocenters. The Bertz CT molecular complexity index is 763. The Balaban J connectivity index is 1.77. The molecule has 0 aromatic rings. The highest BCUT2D eigenvalue weighted by Gasteiger charge is 2.81. The lowest BCUT2D eigenvalue weighted by molar-refractivity contribution is -0.313. The van der Waals surface area contributed by atoms with Gasteiger partial charge in [-0.2, -0.15) is 0 Å². The van der Waals surface area contributed by atoms with Crippen LogP contribution in [0, 0.1) is 34.5 Å². The summed E-state index contributed by atoms with van der Waals surface area (Å²) < 4.78 is 11.6. The number of ether oxygens (including phenoxy) is 2. The maximum absolute atomic E-state index is 12.6. The van der Waals surface area contributed by atoms with Crippen LogP contribution in [0.25, 0.3) is 0 Å². The number of hydrogen-bond donors (Lipinski definition) is 3. The van der Waals surface area contributed by atoms with Crippen molar-refractivity contribution in [2.75, 3.05) is 6.61 Å². The molecule has 2 bridgehead atoms. The molecule has 7 heteroatoms. The lowest BCUT2D eigenvalue weighted by Gasteiger charge is -2.67. The maximum atomic E-state index is 12.6. The minimum atomic E-state index is -1.96. The quantitative estimate of drug-likeness (QED) is 0.407. The summed E-state index contributed by atoms with van der Waals surface area (Å²) in [6.07, 6.45) is -2.32. The van der Waals surface area contributed by atoms with E-state index in [4.69, 9.17) is 9.47 Å². The van der Waals surface area contributed by atoms with E-state index in [1.807, 2.05) is 13.8 Å². The number of aliphatic hydroxyl groups is 3. The van der Waals surface area contributed by atoms with Gasteiger partial charge < -0.3 is 24.8 Å². The SMILES string of the molecule is C=C1[C@@H](O)[C@]2(O)OC[C@]34[C@H]2[C@@]2(C)[C@H](O)C(=O)C[C@@H](C)[C@@H]2C[C@H]3OC(=O)C[C@@H]14. The van der Waals surface area contributed by atoms with Crippen LogP contribution in [0.4, 0.5) is 0 Å². The second-order valence-corrected chi connectivity index (χ2v) is 9.56. The molecule has 0 aromatic carbocycles. The van der Waals surface area contributed by atoms with Gasteiger partial charge in [-0.25, -0.2) is 0 Å². The molecule has 148 valence electrons. The van der Waals surface area contributed by atoms with Crippen LogP contribution in [0.15, 0.2) is 12.2 Å². The first-order valence-corrected chi connectivity index (χ1v) is 9.71. The van der Waals surface area contributed by atoms with E-state index in [0.29, 0.717) is 12.0 Å². The van der Waals surface area contributed by atoms with Gasteiger partial charge in [0.25, 0.3) is 0 Å². The van der Waals surface area contributed by atoms with E-state index >= 15 is 0 Å². The minimum Gasteiger partial charge on any atom is -0.462 e. The fourth-order valence-electron chi connectivity index (χ4n) is 7.55. The van der Waals surface area contributed by atoms with Gasteiger partial charge in [0.2, 0.25) is 0 Å². The molecule has 5 aliphatic rings. The van der Waals surface area contributed by atoms with E-state index < -0.39 is 46.8 Å². The van der Waals surface area contributed by atoms with Gasteiger partial charge in [-0.15, -0.1) is 0 Å². The molecule has 3 saturated carbocycles. The Morgan fingerprint density at radius 1 is 1.19 bits per heavy atom. The molecule has 10 atom stereocenters. The van der Waals surface area contributed by atoms with E-state index in [1.54, 1.807) is 0 Å². The van der Waals surface area contributed by atoms with Crippen molar-refractivity contribution in [1.82, 2.24) is 0 Å². The number of ketones is 1. The Hall–Kier alpha value is -1.28. The molecule has 3 aliphatic carbocycles. The smallest absolute Gasteiger partial charge is 0.306 e. The largest absolute Gasteiger partial charge is 0.462 e. The van der Waals surface area contributed by atoms with Crippen molar-refractivity contribution in [1.29, 1.82) is 0 Å². The molecule has 2 aliphatic heterocycles. The fraction of sp³-hybridized carbons (Fsp3) is 0.800. The van der Waals surface area contributed by atoms with Crippen LogP contribution >= 0.6 is 0 Å². The maximum Gasteiger partial charge on any atom is 0.306 e. The lowest BCUT2D eigenvalue weighted by atomic mass is 9.38. The molecule has 0 radical (unpaired) electrons. The molecule has 1 spiro atoms. The van der Waals surface area contributed by atoms with Crippen molar-refractivity contribution in [3.05, 3.63) is 12.2 Å². The van der Waals surface area contributed by atoms with Crippen LogP contribution in [-0.4, -0.2) is 57.8 Å². The number of carbonyl (C=O) groups is 2. The van der Waals surface area contributed by atoms with E-state index in [-0.39, 0.29) is 43.0 Å². The number of hydrogen-bond acceptors (Lipinski definition) is 7. The predicted molar refractivity (Wildman–Crippen MR) is 91.0 cm³/mol. The Labute approximate surface area is 157 Å². The zero-order valence-electron chi connectivity index (χ0n) is 15.6. The summed E-state index contributed by atoms with van der Waals surface area (Å²) in [5.41, 5.74) is -1.40. The number of fused-ring (bicyclic) bond motifs is 1. The van der Waals surface area contributed by atoms with E-state index in [1.165, 1.54) is 0 Å². The van der Waals surface area contributed by atoms with Crippen LogP contribution in [0.1, 0.15) is 33.1 Å². The highest BCUT2D eigenvalue weighted by Crippen LogP contribution is 2.73. The average Bonchev–Trinajstić information content (AvgIpc) is 2.90. The Kier molecular flexibility index (Phi) is 3.30. The topological polar surface area (TPSA) is 113 Å². The molecule has 5 fully saturated rings. The summed E-state index contributed by atoms with van der Waals surface area (Å²) in [5, 5.41) is 33.4. The third-order valence-corrected chi connectivity index (χ3v) is 8.58. The normalized spacial score (nSPS) is 59.1. The van der Waals surface area contributed by atoms with Crippen LogP contribution in [0.2, 0.25) is 0 Å². The standard InChI is InChI=1S/C20H26O7/c1-8-4-12(21)16(24)18(3)10(8)5-13-19-7-26-20(25,17(18)19)15(23)9(2)11(19)6-14(22)27-13/h8,10-11,13,15-17,23-25H,2,4-7H2,1,3H3/t8-,10+,11+,13-,15-,16-,17-,18-,19-,20+/m1/s1. The first-order valence-electron chi connectivity index (χ1n) is 9.71. The molecule has 27 heavy (non-hydrogen) atoms. The van der Waals surface area contributed by atoms with Gasteiger partial charge in [-0.3, -0.25) is 9.59 Å². The molecule has 2 saturated heterocycles. The molecule has 0 amide bonds. The second-order valence-electron chi connectivity index (χ2n) is 9.56. The molecule has 3 N–H and O–H groups in total. The van der Waals surface area contributed by atoms with Gasteiger partial charge in [0.15, 0.2) is 11.6 Å². The van der Waals surface area contributed by atoms with Crippen molar-refractivity contribution in [3.63, 3.8) is 0 Å². The number of aliphatic hydroxyl groups excluding tert-OH is 2. The number of carbonyl (C=O) groups excluding carboxylic acids is 2. The molecular formula is C20H26O7. The average molecular weight is 378 g/mol. The summed E-state index contributed by atoms with van der Waals surface area (Å²) in [5.74, 6) is -3.88. The van der Waals surface area contributed by atoms with Crippen LogP contribution in [-0.2, 0) is 19.1 Å². The molecule has 5 rings (SSSR count). The third kappa shape index (κ3) is 1.74. The van der Waals surface area contributed by atoms with Crippen molar-refractivity contribution >= 4 is 11.8 Å². The van der Waals surface area contributed by atoms with Crippen LogP contribution in [0.5, 0.6) is 0 Å². The highest BCUT2D eigenvalue weighted by atomic mass is 16.6. The van der Waals surface area contributed by atoms with Crippen LogP contribution in [0.3, 0.4) is 0 Å². The Morgan fingerprint density at radius 3 is 2.59 bits per heavy atom. The third-order valence-electron chi connectivity index (χ3n) is 8.58. The molecule has 0 aromatic heterocycles. The van der Waals surface area contributed by atoms with Gasteiger partial charge in [0.1, 0.15) is 18.3 Å². The van der Waals surface area contributed by atoms with E-state index in [2.05, 4.69) is 6.58 Å². The summed E-state index contributed by atoms with van der Waals surface area (Å²) in [7, 11) is 0. The zero-order valence-corrected chi connectivity index (χ0v) is 15.6. The molecule has 2 heterocycles. The molecular weight excluding hydrogens is 352 g/mol. The number of rotatable bonds is 0. The number of esters is 1. The van der Waals surface area contributed by atoms with Gasteiger partial charge in [0.05, 0.1) is 13.0 Å². The first-order chi connectivity index (χ1) is 12.6. The lowest BCUT2D eigenvalue weighted by Crippen LogP contribution is -2.75. The van der Waals surface area contributed by atoms with Crippen molar-refractivity contribution in [3.8, 4) is 0 Å². The van der Waals surface area contributed by atoms with Gasteiger partial charge in [0, 0.05) is 29.1 Å². The molecule has 7 nitrogen and oxygen atoms in total. The summed E-state index contributed by atoms with van der Waals surface area (Å²) in [4.78, 5) is 24.9. The second kappa shape index (κ2) is 5.00. The highest BCUT2D eigenvalue weighted by molar-refractivity contribution is 5.85. The number of Topliss-reactive ketones (excluding diaryl/α,β-unsaturated/α-hetero) is 1. The fourth-order valence-corrected chi connectivity index (χ4v) is 7.55.